The molecule has 2 aromatic rings. The van der Waals surface area contributed by atoms with Crippen molar-refractivity contribution in [3.05, 3.63) is 38.5 Å². The lowest BCUT2D eigenvalue weighted by atomic mass is 10.2. The van der Waals surface area contributed by atoms with Crippen molar-refractivity contribution in [3.63, 3.8) is 0 Å². The zero-order valence-corrected chi connectivity index (χ0v) is 17.5. The summed E-state index contributed by atoms with van der Waals surface area (Å²) in [6.07, 6.45) is 0. The summed E-state index contributed by atoms with van der Waals surface area (Å²) in [5, 5.41) is 2.74. The Balaban J connectivity index is 2.03. The number of anilines is 1. The number of benzene rings is 1. The van der Waals surface area contributed by atoms with Gasteiger partial charge in [0.25, 0.3) is 5.91 Å². The number of nitrogens with zero attached hydrogens (tertiary/aromatic N) is 1. The van der Waals surface area contributed by atoms with Crippen molar-refractivity contribution in [2.24, 2.45) is 0 Å². The summed E-state index contributed by atoms with van der Waals surface area (Å²) in [6, 6.07) is 6.62. The molecule has 1 aromatic heterocycles. The Hall–Kier alpha value is -1.96. The monoisotopic (exact) mass is 430 g/mol. The number of rotatable bonds is 8. The first kappa shape index (κ1) is 21.3. The molecule has 0 saturated carbocycles. The topological polar surface area (TPSA) is 67.9 Å². The van der Waals surface area contributed by atoms with Crippen LogP contribution in [0.2, 0.25) is 8.67 Å². The van der Waals surface area contributed by atoms with Gasteiger partial charge in [0.2, 0.25) is 5.91 Å². The van der Waals surface area contributed by atoms with E-state index in [-0.39, 0.29) is 23.9 Å². The molecule has 2 amide bonds. The number of hydrogen-bond donors (Lipinski definition) is 1. The molecule has 0 bridgehead atoms. The molecule has 0 unspecified atom stereocenters. The van der Waals surface area contributed by atoms with Crippen molar-refractivity contribution in [1.82, 2.24) is 4.90 Å². The maximum atomic E-state index is 12.4. The summed E-state index contributed by atoms with van der Waals surface area (Å²) in [7, 11) is 1.52. The molecule has 9 heteroatoms. The maximum Gasteiger partial charge on any atom is 0.256 e. The van der Waals surface area contributed by atoms with Crippen LogP contribution in [0, 0.1) is 0 Å². The molecular weight excluding hydrogens is 411 g/mol. The fourth-order valence-corrected chi connectivity index (χ4v) is 3.76. The van der Waals surface area contributed by atoms with E-state index in [1.54, 1.807) is 18.2 Å². The molecular formula is C18H20Cl2N2O4S. The summed E-state index contributed by atoms with van der Waals surface area (Å²) in [6.45, 7) is 4.58. The number of carbonyl (C=O) groups is 2. The van der Waals surface area contributed by atoms with E-state index in [1.807, 2.05) is 13.8 Å². The largest absolute Gasteiger partial charge is 0.490 e. The molecule has 27 heavy (non-hydrogen) atoms. The molecule has 1 heterocycles. The fourth-order valence-electron chi connectivity index (χ4n) is 2.31. The van der Waals surface area contributed by atoms with Crippen LogP contribution in [0.3, 0.4) is 0 Å². The van der Waals surface area contributed by atoms with Crippen LogP contribution in [0.25, 0.3) is 0 Å². The van der Waals surface area contributed by atoms with Gasteiger partial charge < -0.3 is 19.7 Å². The molecule has 1 N–H and O–H groups in total. The lowest BCUT2D eigenvalue weighted by Crippen LogP contribution is -2.34. The Morgan fingerprint density at radius 2 is 1.78 bits per heavy atom. The number of carbonyl (C=O) groups excluding carboxylic acids is 2. The number of ether oxygens (including phenoxy) is 2. The van der Waals surface area contributed by atoms with Crippen molar-refractivity contribution in [1.29, 1.82) is 0 Å². The number of nitrogens with one attached hydrogen (secondary N) is 1. The van der Waals surface area contributed by atoms with Crippen LogP contribution in [0.5, 0.6) is 11.5 Å². The molecule has 2 rings (SSSR count). The molecule has 0 fully saturated rings. The summed E-state index contributed by atoms with van der Waals surface area (Å²) in [5.41, 5.74) is 0.825. The van der Waals surface area contributed by atoms with E-state index < -0.39 is 0 Å². The minimum absolute atomic E-state index is 0.139. The van der Waals surface area contributed by atoms with Crippen LogP contribution in [0.15, 0.2) is 24.3 Å². The Morgan fingerprint density at radius 1 is 1.11 bits per heavy atom. The van der Waals surface area contributed by atoms with Gasteiger partial charge in [-0.05, 0) is 32.0 Å². The highest BCUT2D eigenvalue weighted by Crippen LogP contribution is 2.32. The number of amides is 2. The van der Waals surface area contributed by atoms with E-state index in [0.717, 1.165) is 11.3 Å². The average Bonchev–Trinajstić information content (AvgIpc) is 2.95. The first-order chi connectivity index (χ1) is 12.8. The molecule has 0 aliphatic carbocycles. The molecule has 146 valence electrons. The highest BCUT2D eigenvalue weighted by Gasteiger charge is 2.20. The number of likely N-dealkylation sites (N-methyl/N-ethyl adjacent to an activating group) is 1. The van der Waals surface area contributed by atoms with Crippen molar-refractivity contribution < 1.29 is 19.1 Å². The van der Waals surface area contributed by atoms with E-state index in [4.69, 9.17) is 32.7 Å². The Labute approximate surface area is 172 Å². The lowest BCUT2D eigenvalue weighted by molar-refractivity contribution is -0.116. The minimum Gasteiger partial charge on any atom is -0.490 e. The molecule has 6 nitrogen and oxygen atoms in total. The summed E-state index contributed by atoms with van der Waals surface area (Å²) in [5.74, 6) is 0.421. The standard InChI is InChI=1S/C18H20Cl2N2O4S/c1-4-25-13-7-6-11(8-14(13)26-5-2)21-16(23)10-22(3)18(24)12-9-15(19)27-17(12)20/h6-9H,4-5,10H2,1-3H3,(H,21,23). The molecule has 0 spiro atoms. The minimum atomic E-state index is -0.375. The second-order valence-electron chi connectivity index (χ2n) is 5.47. The lowest BCUT2D eigenvalue weighted by Gasteiger charge is -2.17. The van der Waals surface area contributed by atoms with Crippen LogP contribution in [0.1, 0.15) is 24.2 Å². The highest BCUT2D eigenvalue weighted by molar-refractivity contribution is 7.20. The molecule has 0 aliphatic rings. The van der Waals surface area contributed by atoms with Crippen molar-refractivity contribution in [2.75, 3.05) is 32.1 Å². The second-order valence-corrected chi connectivity index (χ2v) is 7.76. The van der Waals surface area contributed by atoms with Gasteiger partial charge >= 0.3 is 0 Å². The second kappa shape index (κ2) is 9.82. The van der Waals surface area contributed by atoms with Gasteiger partial charge in [0.1, 0.15) is 4.34 Å². The van der Waals surface area contributed by atoms with E-state index >= 15 is 0 Å². The van der Waals surface area contributed by atoms with Crippen molar-refractivity contribution in [3.8, 4) is 11.5 Å². The average molecular weight is 431 g/mol. The van der Waals surface area contributed by atoms with E-state index in [0.29, 0.717) is 39.1 Å². The fraction of sp³-hybridized carbons (Fsp3) is 0.333. The normalized spacial score (nSPS) is 10.4. The third-order valence-corrected chi connectivity index (χ3v) is 4.93. The van der Waals surface area contributed by atoms with Gasteiger partial charge in [-0.25, -0.2) is 0 Å². The third kappa shape index (κ3) is 5.76. The van der Waals surface area contributed by atoms with Gasteiger partial charge in [0, 0.05) is 18.8 Å². The molecule has 0 radical (unpaired) electrons. The maximum absolute atomic E-state index is 12.4. The Morgan fingerprint density at radius 3 is 2.37 bits per heavy atom. The first-order valence-corrected chi connectivity index (χ1v) is 9.82. The van der Waals surface area contributed by atoms with Crippen molar-refractivity contribution in [2.45, 2.75) is 13.8 Å². The highest BCUT2D eigenvalue weighted by atomic mass is 35.5. The number of thiophene rings is 1. The predicted molar refractivity (Wildman–Crippen MR) is 109 cm³/mol. The van der Waals surface area contributed by atoms with E-state index in [1.165, 1.54) is 18.0 Å². The zero-order valence-electron chi connectivity index (χ0n) is 15.2. The van der Waals surface area contributed by atoms with E-state index in [2.05, 4.69) is 5.32 Å². The van der Waals surface area contributed by atoms with Crippen LogP contribution < -0.4 is 14.8 Å². The van der Waals surface area contributed by atoms with Gasteiger partial charge in [-0.15, -0.1) is 11.3 Å². The quantitative estimate of drug-likeness (QED) is 0.665. The van der Waals surface area contributed by atoms with Crippen LogP contribution in [0.4, 0.5) is 5.69 Å². The van der Waals surface area contributed by atoms with Gasteiger partial charge in [0.15, 0.2) is 11.5 Å². The molecule has 1 aromatic carbocycles. The predicted octanol–water partition coefficient (Wildman–Crippen LogP) is 4.56. The smallest absolute Gasteiger partial charge is 0.256 e. The van der Waals surface area contributed by atoms with Crippen LogP contribution >= 0.6 is 34.5 Å². The Kier molecular flexibility index (Phi) is 7.77. The number of hydrogen-bond acceptors (Lipinski definition) is 5. The third-order valence-electron chi connectivity index (χ3n) is 3.44. The first-order valence-electron chi connectivity index (χ1n) is 8.25. The molecule has 0 aliphatic heterocycles. The van der Waals surface area contributed by atoms with Gasteiger partial charge in [-0.1, -0.05) is 23.2 Å². The summed E-state index contributed by atoms with van der Waals surface area (Å²) >= 11 is 13.0. The Bertz CT molecular complexity index is 826. The van der Waals surface area contributed by atoms with Crippen LogP contribution in [-0.2, 0) is 4.79 Å². The SMILES string of the molecule is CCOc1ccc(NC(=O)CN(C)C(=O)c2cc(Cl)sc2Cl)cc1OCC. The van der Waals surface area contributed by atoms with Gasteiger partial charge in [-0.3, -0.25) is 9.59 Å². The van der Waals surface area contributed by atoms with Gasteiger partial charge in [0.05, 0.1) is 29.7 Å². The number of halogens is 2. The molecule has 0 saturated heterocycles. The zero-order chi connectivity index (χ0) is 20.0. The van der Waals surface area contributed by atoms with E-state index in [9.17, 15) is 9.59 Å². The van der Waals surface area contributed by atoms with Crippen molar-refractivity contribution >= 4 is 52.0 Å². The van der Waals surface area contributed by atoms with Gasteiger partial charge in [-0.2, -0.15) is 0 Å². The van der Waals surface area contributed by atoms with Crippen LogP contribution in [-0.4, -0.2) is 43.5 Å². The summed E-state index contributed by atoms with van der Waals surface area (Å²) in [4.78, 5) is 26.0. The molecule has 0 atom stereocenters. The summed E-state index contributed by atoms with van der Waals surface area (Å²) < 4.78 is 11.7.